The second-order valence-corrected chi connectivity index (χ2v) is 6.87. The minimum absolute atomic E-state index is 0.0266. The van der Waals surface area contributed by atoms with Crippen molar-refractivity contribution in [3.8, 4) is 0 Å². The number of nitrogens with zero attached hydrogens (tertiary/aromatic N) is 5. The molecule has 0 amide bonds. The summed E-state index contributed by atoms with van der Waals surface area (Å²) >= 11 is 0. The molecule has 0 radical (unpaired) electrons. The van der Waals surface area contributed by atoms with Crippen LogP contribution in [-0.2, 0) is 17.7 Å². The Balaban J connectivity index is 1.78. The first kappa shape index (κ1) is 17.0. The van der Waals surface area contributed by atoms with Gasteiger partial charge in [0.05, 0.1) is 17.7 Å². The highest BCUT2D eigenvalue weighted by Crippen LogP contribution is 2.27. The number of nitrogens with one attached hydrogen (secondary N) is 1. The highest BCUT2D eigenvalue weighted by molar-refractivity contribution is 5.32. The van der Waals surface area contributed by atoms with Crippen molar-refractivity contribution in [2.75, 3.05) is 25.1 Å². The van der Waals surface area contributed by atoms with Crippen molar-refractivity contribution < 1.29 is 4.74 Å². The lowest BCUT2D eigenvalue weighted by atomic mass is 9.97. The molecule has 0 spiro atoms. The summed E-state index contributed by atoms with van der Waals surface area (Å²) in [6.45, 7) is 9.16. The van der Waals surface area contributed by atoms with E-state index < -0.39 is 0 Å². The van der Waals surface area contributed by atoms with Crippen LogP contribution in [0.5, 0.6) is 0 Å². The van der Waals surface area contributed by atoms with Gasteiger partial charge in [0.2, 0.25) is 5.95 Å². The topological polar surface area (TPSA) is 71.9 Å². The van der Waals surface area contributed by atoms with Crippen molar-refractivity contribution in [2.45, 2.75) is 58.6 Å². The predicted octanol–water partition coefficient (Wildman–Crippen LogP) is 2.32. The number of ether oxygens (including phenoxy) is 1. The third-order valence-corrected chi connectivity index (χ3v) is 5.04. The molecule has 0 saturated carbocycles. The first-order valence-electron chi connectivity index (χ1n) is 8.77. The van der Waals surface area contributed by atoms with E-state index in [1.165, 1.54) is 0 Å². The Morgan fingerprint density at radius 2 is 2.12 bits per heavy atom. The van der Waals surface area contributed by atoms with Gasteiger partial charge in [-0.2, -0.15) is 5.10 Å². The van der Waals surface area contributed by atoms with E-state index in [4.69, 9.17) is 4.74 Å². The Morgan fingerprint density at radius 1 is 1.29 bits per heavy atom. The molecule has 3 rings (SSSR count). The number of hydrogen-bond acceptors (Lipinski definition) is 5. The molecule has 0 aromatic carbocycles. The maximum atomic E-state index is 5.70. The summed E-state index contributed by atoms with van der Waals surface area (Å²) in [4.78, 5) is 2.35. The lowest BCUT2D eigenvalue weighted by Gasteiger charge is -2.27. The average molecular weight is 332 g/mol. The first-order chi connectivity index (χ1) is 11.5. The number of aromatic nitrogens is 5. The highest BCUT2D eigenvalue weighted by Gasteiger charge is 2.29. The van der Waals surface area contributed by atoms with Crippen LogP contribution in [0.1, 0.15) is 50.3 Å². The van der Waals surface area contributed by atoms with Crippen LogP contribution in [0.3, 0.4) is 0 Å². The molecule has 1 atom stereocenters. The van der Waals surface area contributed by atoms with Crippen LogP contribution in [0.25, 0.3) is 0 Å². The second kappa shape index (κ2) is 6.93. The number of H-pyrrole nitrogens is 1. The smallest absolute Gasteiger partial charge is 0.227 e. The number of hydrogen-bond donors (Lipinski definition) is 1. The van der Waals surface area contributed by atoms with Crippen molar-refractivity contribution in [1.82, 2.24) is 25.0 Å². The molecule has 1 aliphatic heterocycles. The normalized spacial score (nSPS) is 21.9. The third-order valence-electron chi connectivity index (χ3n) is 5.04. The maximum absolute atomic E-state index is 5.70. The number of aryl methyl sites for hydroxylation is 1. The summed E-state index contributed by atoms with van der Waals surface area (Å²) in [6.07, 6.45) is 3.90. The van der Waals surface area contributed by atoms with Crippen molar-refractivity contribution in [2.24, 2.45) is 0 Å². The monoisotopic (exact) mass is 332 g/mol. The molecule has 2 aromatic rings. The average Bonchev–Trinajstić information content (AvgIpc) is 3.11. The SMILES string of the molecule is CCn1c(Cc2cc(C)[nH]n2)nnc1N1CCCC(C)(OC)CC1. The lowest BCUT2D eigenvalue weighted by molar-refractivity contribution is -0.00331. The Morgan fingerprint density at radius 3 is 2.79 bits per heavy atom. The predicted molar refractivity (Wildman–Crippen MR) is 93.3 cm³/mol. The zero-order valence-electron chi connectivity index (χ0n) is 15.2. The Kier molecular flexibility index (Phi) is 4.89. The van der Waals surface area contributed by atoms with Gasteiger partial charge in [0.25, 0.3) is 0 Å². The lowest BCUT2D eigenvalue weighted by Crippen LogP contribution is -2.31. The van der Waals surface area contributed by atoms with Crippen LogP contribution in [0.4, 0.5) is 5.95 Å². The van der Waals surface area contributed by atoms with E-state index in [1.807, 2.05) is 14.0 Å². The van der Waals surface area contributed by atoms with Crippen molar-refractivity contribution >= 4 is 5.95 Å². The first-order valence-corrected chi connectivity index (χ1v) is 8.77. The van der Waals surface area contributed by atoms with Crippen LogP contribution in [0, 0.1) is 6.92 Å². The van der Waals surface area contributed by atoms with Gasteiger partial charge in [-0.1, -0.05) is 0 Å². The van der Waals surface area contributed by atoms with Gasteiger partial charge in [-0.05, 0) is 46.1 Å². The van der Waals surface area contributed by atoms with E-state index in [9.17, 15) is 0 Å². The fourth-order valence-electron chi connectivity index (χ4n) is 3.40. The molecule has 1 N–H and O–H groups in total. The highest BCUT2D eigenvalue weighted by atomic mass is 16.5. The summed E-state index contributed by atoms with van der Waals surface area (Å²) in [7, 11) is 1.81. The van der Waals surface area contributed by atoms with E-state index in [2.05, 4.69) is 49.8 Å². The molecule has 0 aliphatic carbocycles. The van der Waals surface area contributed by atoms with Crippen molar-refractivity contribution in [3.63, 3.8) is 0 Å². The molecule has 132 valence electrons. The van der Waals surface area contributed by atoms with Crippen LogP contribution in [0.2, 0.25) is 0 Å². The van der Waals surface area contributed by atoms with Gasteiger partial charge < -0.3 is 9.64 Å². The van der Waals surface area contributed by atoms with Crippen LogP contribution in [0.15, 0.2) is 6.07 Å². The number of methoxy groups -OCH3 is 1. The Labute approximate surface area is 143 Å². The van der Waals surface area contributed by atoms with Crippen LogP contribution >= 0.6 is 0 Å². The quantitative estimate of drug-likeness (QED) is 0.910. The number of aromatic amines is 1. The molecule has 7 nitrogen and oxygen atoms in total. The van der Waals surface area contributed by atoms with Gasteiger partial charge in [-0.3, -0.25) is 9.67 Å². The second-order valence-electron chi connectivity index (χ2n) is 6.87. The molecule has 2 aromatic heterocycles. The Bertz CT molecular complexity index is 678. The molecule has 7 heteroatoms. The van der Waals surface area contributed by atoms with Crippen LogP contribution in [-0.4, -0.2) is 50.8 Å². The van der Waals surface area contributed by atoms with Gasteiger partial charge in [0.15, 0.2) is 0 Å². The molecule has 1 aliphatic rings. The molecule has 1 saturated heterocycles. The van der Waals surface area contributed by atoms with Gasteiger partial charge in [-0.15, -0.1) is 10.2 Å². The Hall–Kier alpha value is -1.89. The molecule has 1 unspecified atom stereocenters. The van der Waals surface area contributed by atoms with Gasteiger partial charge >= 0.3 is 0 Å². The summed E-state index contributed by atoms with van der Waals surface area (Å²) < 4.78 is 7.91. The number of rotatable bonds is 5. The standard InChI is InChI=1S/C17H28N6O/c1-5-23-15(12-14-11-13(2)18-19-14)20-21-16(23)22-9-6-7-17(3,24-4)8-10-22/h11H,5-10,12H2,1-4H3,(H,18,19). The van der Waals surface area contributed by atoms with Crippen LogP contribution < -0.4 is 4.90 Å². The minimum Gasteiger partial charge on any atom is -0.378 e. The third kappa shape index (κ3) is 3.45. The zero-order valence-corrected chi connectivity index (χ0v) is 15.2. The summed E-state index contributed by atoms with van der Waals surface area (Å²) in [6, 6.07) is 2.06. The molecule has 0 bridgehead atoms. The molecular formula is C17H28N6O. The van der Waals surface area contributed by atoms with Crippen molar-refractivity contribution in [3.05, 3.63) is 23.3 Å². The fraction of sp³-hybridized carbons (Fsp3) is 0.706. The van der Waals surface area contributed by atoms with E-state index in [0.717, 1.165) is 62.1 Å². The van der Waals surface area contributed by atoms with E-state index in [1.54, 1.807) is 0 Å². The van der Waals surface area contributed by atoms with E-state index >= 15 is 0 Å². The minimum atomic E-state index is -0.0266. The molecule has 24 heavy (non-hydrogen) atoms. The fourth-order valence-corrected chi connectivity index (χ4v) is 3.40. The molecule has 1 fully saturated rings. The van der Waals surface area contributed by atoms with E-state index in [0.29, 0.717) is 6.42 Å². The largest absolute Gasteiger partial charge is 0.378 e. The molecular weight excluding hydrogens is 304 g/mol. The number of anilines is 1. The summed E-state index contributed by atoms with van der Waals surface area (Å²) in [5.74, 6) is 1.94. The van der Waals surface area contributed by atoms with Gasteiger partial charge in [0, 0.05) is 32.4 Å². The zero-order chi connectivity index (χ0) is 17.2. The van der Waals surface area contributed by atoms with E-state index in [-0.39, 0.29) is 5.60 Å². The molecule has 3 heterocycles. The van der Waals surface area contributed by atoms with Crippen molar-refractivity contribution in [1.29, 1.82) is 0 Å². The maximum Gasteiger partial charge on any atom is 0.227 e. The van der Waals surface area contributed by atoms with Gasteiger partial charge in [0.1, 0.15) is 5.82 Å². The summed E-state index contributed by atoms with van der Waals surface area (Å²) in [5, 5.41) is 16.2. The van der Waals surface area contributed by atoms with Gasteiger partial charge in [-0.25, -0.2) is 0 Å². The summed E-state index contributed by atoms with van der Waals surface area (Å²) in [5.41, 5.74) is 2.05.